The van der Waals surface area contributed by atoms with E-state index in [1.165, 1.54) is 6.42 Å². The van der Waals surface area contributed by atoms with Gasteiger partial charge in [0, 0.05) is 6.42 Å². The molecule has 0 aliphatic heterocycles. The zero-order valence-corrected chi connectivity index (χ0v) is 12.1. The quantitative estimate of drug-likeness (QED) is 0.496. The van der Waals surface area contributed by atoms with Crippen LogP contribution in [0.25, 0.3) is 0 Å². The molecule has 0 rings (SSSR count). The van der Waals surface area contributed by atoms with Crippen molar-refractivity contribution in [2.24, 2.45) is 5.41 Å². The third-order valence-electron chi connectivity index (χ3n) is 2.21. The van der Waals surface area contributed by atoms with Crippen LogP contribution in [0.2, 0.25) is 13.1 Å². The number of unbranched alkanes of at least 4 members (excludes halogenated alkanes) is 1. The topological polar surface area (TPSA) is 26.3 Å². The highest BCUT2D eigenvalue weighted by molar-refractivity contribution is 6.48. The Morgan fingerprint density at radius 2 is 1.80 bits per heavy atom. The van der Waals surface area contributed by atoms with E-state index in [1.807, 2.05) is 0 Å². The lowest BCUT2D eigenvalue weighted by atomic mass is 9.89. The van der Waals surface area contributed by atoms with Crippen LogP contribution in [0.15, 0.2) is 0 Å². The first-order chi connectivity index (χ1) is 6.81. The van der Waals surface area contributed by atoms with E-state index in [0.29, 0.717) is 18.4 Å². The molecule has 0 radical (unpaired) electrons. The molecule has 0 amide bonds. The first-order valence-electron chi connectivity index (χ1n) is 5.94. The molecule has 90 valence electrons. The van der Waals surface area contributed by atoms with E-state index in [4.69, 9.17) is 4.43 Å². The van der Waals surface area contributed by atoms with Gasteiger partial charge in [0.2, 0.25) is 0 Å². The molecule has 0 saturated heterocycles. The molecule has 0 unspecified atom stereocenters. The Bertz CT molecular complexity index is 183. The highest BCUT2D eigenvalue weighted by Gasteiger charge is 2.10. The molecule has 0 aromatic heterocycles. The molecular formula is C12H26O2Si. The molecule has 0 fully saturated rings. The predicted molar refractivity (Wildman–Crippen MR) is 67.8 cm³/mol. The summed E-state index contributed by atoms with van der Waals surface area (Å²) in [6.45, 7) is 11.2. The molecule has 0 spiro atoms. The van der Waals surface area contributed by atoms with Crippen LogP contribution in [0.3, 0.4) is 0 Å². The molecule has 0 aliphatic carbocycles. The lowest BCUT2D eigenvalue weighted by Gasteiger charge is -2.17. The minimum absolute atomic E-state index is 0.269. The van der Waals surface area contributed by atoms with Gasteiger partial charge in [-0.05, 0) is 31.4 Å². The third kappa shape index (κ3) is 11.8. The molecule has 0 saturated carbocycles. The van der Waals surface area contributed by atoms with Crippen molar-refractivity contribution in [2.45, 2.75) is 59.5 Å². The Hall–Kier alpha value is -0.153. The molecule has 0 aromatic rings. The number of hydrogen-bond acceptors (Lipinski definition) is 2. The third-order valence-corrected chi connectivity index (χ3v) is 3.04. The fourth-order valence-electron chi connectivity index (χ4n) is 1.31. The molecule has 0 atom stereocenters. The summed E-state index contributed by atoms with van der Waals surface area (Å²) in [7, 11) is -1.02. The van der Waals surface area contributed by atoms with Gasteiger partial charge in [0.25, 0.3) is 0 Å². The van der Waals surface area contributed by atoms with Crippen molar-refractivity contribution in [3.05, 3.63) is 0 Å². The Morgan fingerprint density at radius 1 is 1.20 bits per heavy atom. The zero-order chi connectivity index (χ0) is 11.9. The van der Waals surface area contributed by atoms with Crippen molar-refractivity contribution in [1.29, 1.82) is 0 Å². The SMILES string of the molecule is C[SiH](C)OCC(=O)CCCCC(C)(C)C. The fraction of sp³-hybridized carbons (Fsp3) is 0.917. The second-order valence-electron chi connectivity index (χ2n) is 5.67. The zero-order valence-electron chi connectivity index (χ0n) is 10.9. The normalized spacial score (nSPS) is 12.1. The van der Waals surface area contributed by atoms with Gasteiger partial charge < -0.3 is 4.43 Å². The maximum Gasteiger partial charge on any atom is 0.171 e. The van der Waals surface area contributed by atoms with E-state index in [-0.39, 0.29) is 5.78 Å². The minimum atomic E-state index is -1.02. The maximum atomic E-state index is 11.4. The van der Waals surface area contributed by atoms with E-state index in [1.54, 1.807) is 0 Å². The van der Waals surface area contributed by atoms with E-state index in [9.17, 15) is 4.79 Å². The van der Waals surface area contributed by atoms with Crippen molar-refractivity contribution in [2.75, 3.05) is 6.61 Å². The van der Waals surface area contributed by atoms with Crippen molar-refractivity contribution in [1.82, 2.24) is 0 Å². The molecular weight excluding hydrogens is 204 g/mol. The first kappa shape index (κ1) is 14.8. The lowest BCUT2D eigenvalue weighted by molar-refractivity contribution is -0.121. The van der Waals surface area contributed by atoms with Crippen LogP contribution in [0, 0.1) is 5.41 Å². The van der Waals surface area contributed by atoms with Crippen LogP contribution in [-0.2, 0) is 9.22 Å². The molecule has 0 heterocycles. The summed E-state index contributed by atoms with van der Waals surface area (Å²) in [5, 5.41) is 0. The lowest BCUT2D eigenvalue weighted by Crippen LogP contribution is -2.16. The summed E-state index contributed by atoms with van der Waals surface area (Å²) in [6.07, 6.45) is 4.05. The molecule has 15 heavy (non-hydrogen) atoms. The van der Waals surface area contributed by atoms with Crippen molar-refractivity contribution < 1.29 is 9.22 Å². The smallest absolute Gasteiger partial charge is 0.171 e. The summed E-state index contributed by atoms with van der Waals surface area (Å²) in [4.78, 5) is 11.4. The monoisotopic (exact) mass is 230 g/mol. The van der Waals surface area contributed by atoms with Crippen molar-refractivity contribution >= 4 is 14.8 Å². The first-order valence-corrected chi connectivity index (χ1v) is 8.72. The van der Waals surface area contributed by atoms with Crippen LogP contribution < -0.4 is 0 Å². The summed E-state index contributed by atoms with van der Waals surface area (Å²) < 4.78 is 5.39. The van der Waals surface area contributed by atoms with Crippen LogP contribution >= 0.6 is 0 Å². The molecule has 2 nitrogen and oxygen atoms in total. The highest BCUT2D eigenvalue weighted by Crippen LogP contribution is 2.21. The van der Waals surface area contributed by atoms with Crippen LogP contribution in [0.1, 0.15) is 46.5 Å². The second kappa shape index (κ2) is 7.18. The summed E-state index contributed by atoms with van der Waals surface area (Å²) in [6, 6.07) is 0. The average Bonchev–Trinajstić information content (AvgIpc) is 2.07. The summed E-state index contributed by atoms with van der Waals surface area (Å²) >= 11 is 0. The van der Waals surface area contributed by atoms with Crippen LogP contribution in [0.4, 0.5) is 0 Å². The fourth-order valence-corrected chi connectivity index (χ4v) is 1.83. The summed E-state index contributed by atoms with van der Waals surface area (Å²) in [5.41, 5.74) is 0.393. The Labute approximate surface area is 96.1 Å². The van der Waals surface area contributed by atoms with Gasteiger partial charge in [-0.3, -0.25) is 4.79 Å². The van der Waals surface area contributed by atoms with Crippen molar-refractivity contribution in [3.63, 3.8) is 0 Å². The predicted octanol–water partition coefficient (Wildman–Crippen LogP) is 3.16. The van der Waals surface area contributed by atoms with Gasteiger partial charge in [-0.15, -0.1) is 0 Å². The van der Waals surface area contributed by atoms with Gasteiger partial charge in [-0.1, -0.05) is 27.2 Å². The van der Waals surface area contributed by atoms with Gasteiger partial charge in [-0.2, -0.15) is 0 Å². The molecule has 0 aromatic carbocycles. The summed E-state index contributed by atoms with van der Waals surface area (Å²) in [5.74, 6) is 0.269. The Kier molecular flexibility index (Phi) is 7.10. The molecule has 0 N–H and O–H groups in total. The van der Waals surface area contributed by atoms with Gasteiger partial charge in [0.05, 0.1) is 6.61 Å². The second-order valence-corrected chi connectivity index (χ2v) is 8.10. The molecule has 0 aliphatic rings. The number of Topliss-reactive ketones (excluding diaryl/α,β-unsaturated/α-hetero) is 1. The largest absolute Gasteiger partial charge is 0.413 e. The van der Waals surface area contributed by atoms with Gasteiger partial charge in [0.15, 0.2) is 14.8 Å². The average molecular weight is 230 g/mol. The number of carbonyl (C=O) groups is 1. The number of carbonyl (C=O) groups excluding carboxylic acids is 1. The van der Waals surface area contributed by atoms with E-state index in [2.05, 4.69) is 33.9 Å². The van der Waals surface area contributed by atoms with Gasteiger partial charge >= 0.3 is 0 Å². The number of rotatable bonds is 7. The maximum absolute atomic E-state index is 11.4. The molecule has 0 bridgehead atoms. The van der Waals surface area contributed by atoms with Gasteiger partial charge in [-0.25, -0.2) is 0 Å². The Morgan fingerprint density at radius 3 is 2.27 bits per heavy atom. The van der Waals surface area contributed by atoms with E-state index < -0.39 is 9.04 Å². The number of ketones is 1. The molecule has 3 heteroatoms. The number of hydrogen-bond donors (Lipinski definition) is 0. The highest BCUT2D eigenvalue weighted by atomic mass is 28.3. The Balaban J connectivity index is 3.40. The van der Waals surface area contributed by atoms with Crippen molar-refractivity contribution in [3.8, 4) is 0 Å². The van der Waals surface area contributed by atoms with Gasteiger partial charge in [0.1, 0.15) is 0 Å². The van der Waals surface area contributed by atoms with Crippen LogP contribution in [0.5, 0.6) is 0 Å². The van der Waals surface area contributed by atoms with Crippen LogP contribution in [-0.4, -0.2) is 21.4 Å². The van der Waals surface area contributed by atoms with E-state index in [0.717, 1.165) is 12.8 Å². The standard InChI is InChI=1S/C12H26O2Si/c1-12(2,3)9-7-6-8-11(13)10-14-15(4)5/h15H,6-10H2,1-5H3. The minimum Gasteiger partial charge on any atom is -0.413 e. The van der Waals surface area contributed by atoms with E-state index >= 15 is 0 Å².